The third-order valence-electron chi connectivity index (χ3n) is 2.83. The monoisotopic (exact) mass is 240 g/mol. The molecule has 0 aliphatic rings. The molecule has 4 heteroatoms. The summed E-state index contributed by atoms with van der Waals surface area (Å²) in [5, 5.41) is 0. The summed E-state index contributed by atoms with van der Waals surface area (Å²) in [5.74, 6) is -0.342. The van der Waals surface area contributed by atoms with Crippen LogP contribution in [0.1, 0.15) is 10.4 Å². The molecule has 1 aromatic carbocycles. The number of halogens is 1. The second-order valence-electron chi connectivity index (χ2n) is 3.92. The maximum absolute atomic E-state index is 13.3. The van der Waals surface area contributed by atoms with Crippen LogP contribution in [-0.4, -0.2) is 15.7 Å². The van der Waals surface area contributed by atoms with E-state index in [1.807, 2.05) is 12.1 Å². The zero-order chi connectivity index (χ0) is 12.5. The molecule has 0 aliphatic heterocycles. The number of carbonyl (C=O) groups excluding carboxylic acids is 1. The highest BCUT2D eigenvalue weighted by molar-refractivity contribution is 5.87. The number of aromatic nitrogens is 2. The average molecular weight is 240 g/mol. The van der Waals surface area contributed by atoms with Crippen molar-refractivity contribution in [2.45, 2.75) is 0 Å². The molecular weight excluding hydrogens is 231 g/mol. The van der Waals surface area contributed by atoms with Gasteiger partial charge in [0.25, 0.3) is 0 Å². The molecule has 0 aliphatic carbocycles. The van der Waals surface area contributed by atoms with Gasteiger partial charge in [-0.3, -0.25) is 9.20 Å². The average Bonchev–Trinajstić information content (AvgIpc) is 2.81. The summed E-state index contributed by atoms with van der Waals surface area (Å²) in [6.45, 7) is 0. The molecule has 3 aromatic rings. The predicted octanol–water partition coefficient (Wildman–Crippen LogP) is 2.95. The molecular formula is C14H9FN2O. The Hall–Kier alpha value is -2.49. The number of benzene rings is 1. The molecule has 18 heavy (non-hydrogen) atoms. The lowest BCUT2D eigenvalue weighted by Crippen LogP contribution is -1.93. The number of imidazole rings is 1. The van der Waals surface area contributed by atoms with E-state index < -0.39 is 0 Å². The molecule has 88 valence electrons. The number of hydrogen-bond acceptors (Lipinski definition) is 2. The van der Waals surface area contributed by atoms with Gasteiger partial charge in [0.15, 0.2) is 6.29 Å². The Labute approximate surface area is 103 Å². The van der Waals surface area contributed by atoms with Gasteiger partial charge in [-0.2, -0.15) is 0 Å². The summed E-state index contributed by atoms with van der Waals surface area (Å²) in [6, 6.07) is 10.1. The highest BCUT2D eigenvalue weighted by atomic mass is 19.1. The van der Waals surface area contributed by atoms with Crippen LogP contribution < -0.4 is 0 Å². The van der Waals surface area contributed by atoms with Crippen LogP contribution in [0.4, 0.5) is 4.39 Å². The van der Waals surface area contributed by atoms with Crippen molar-refractivity contribution in [3.8, 4) is 11.3 Å². The van der Waals surface area contributed by atoms with Crippen LogP contribution in [0.15, 0.2) is 48.8 Å². The lowest BCUT2D eigenvalue weighted by molar-refractivity contribution is 0.112. The van der Waals surface area contributed by atoms with Crippen molar-refractivity contribution in [1.29, 1.82) is 0 Å². The third-order valence-corrected chi connectivity index (χ3v) is 2.83. The summed E-state index contributed by atoms with van der Waals surface area (Å²) < 4.78 is 14.9. The van der Waals surface area contributed by atoms with E-state index in [4.69, 9.17) is 0 Å². The smallest absolute Gasteiger partial charge is 0.150 e. The van der Waals surface area contributed by atoms with Crippen molar-refractivity contribution in [2.24, 2.45) is 0 Å². The van der Waals surface area contributed by atoms with Gasteiger partial charge in [0, 0.05) is 17.3 Å². The summed E-state index contributed by atoms with van der Waals surface area (Å²) >= 11 is 0. The first-order valence-corrected chi connectivity index (χ1v) is 5.47. The molecule has 0 N–H and O–H groups in total. The molecule has 0 bridgehead atoms. The van der Waals surface area contributed by atoms with E-state index >= 15 is 0 Å². The Balaban J connectivity index is 2.31. The van der Waals surface area contributed by atoms with Crippen molar-refractivity contribution < 1.29 is 9.18 Å². The van der Waals surface area contributed by atoms with Gasteiger partial charge in [0.2, 0.25) is 0 Å². The first-order valence-electron chi connectivity index (χ1n) is 5.47. The Kier molecular flexibility index (Phi) is 2.41. The Bertz CT molecular complexity index is 733. The topological polar surface area (TPSA) is 34.4 Å². The van der Waals surface area contributed by atoms with Crippen LogP contribution in [0, 0.1) is 5.82 Å². The fourth-order valence-electron chi connectivity index (χ4n) is 1.99. The normalized spacial score (nSPS) is 10.7. The number of hydrogen-bond donors (Lipinski definition) is 0. The number of nitrogens with zero attached hydrogens (tertiary/aromatic N) is 2. The summed E-state index contributed by atoms with van der Waals surface area (Å²) in [5.41, 5.74) is 2.65. The number of pyridine rings is 1. The van der Waals surface area contributed by atoms with Crippen molar-refractivity contribution in [3.63, 3.8) is 0 Å². The molecule has 0 radical (unpaired) electrons. The van der Waals surface area contributed by atoms with Crippen LogP contribution in [0.2, 0.25) is 0 Å². The predicted molar refractivity (Wildman–Crippen MR) is 66.0 cm³/mol. The SMILES string of the molecule is O=Cc1ccccc1-c1cnc2ccc(F)cn12. The van der Waals surface area contributed by atoms with Gasteiger partial charge in [-0.25, -0.2) is 9.37 Å². The van der Waals surface area contributed by atoms with Crippen LogP contribution in [0.3, 0.4) is 0 Å². The number of carbonyl (C=O) groups is 1. The molecule has 0 fully saturated rings. The number of rotatable bonds is 2. The van der Waals surface area contributed by atoms with Gasteiger partial charge in [-0.15, -0.1) is 0 Å². The minimum absolute atomic E-state index is 0.342. The highest BCUT2D eigenvalue weighted by Crippen LogP contribution is 2.23. The Morgan fingerprint density at radius 3 is 2.83 bits per heavy atom. The van der Waals surface area contributed by atoms with E-state index in [1.165, 1.54) is 12.3 Å². The first kappa shape index (κ1) is 10.7. The van der Waals surface area contributed by atoms with Gasteiger partial charge < -0.3 is 0 Å². The quantitative estimate of drug-likeness (QED) is 0.645. The van der Waals surface area contributed by atoms with Crippen LogP contribution >= 0.6 is 0 Å². The highest BCUT2D eigenvalue weighted by Gasteiger charge is 2.09. The van der Waals surface area contributed by atoms with Gasteiger partial charge in [-0.1, -0.05) is 24.3 Å². The van der Waals surface area contributed by atoms with E-state index in [0.29, 0.717) is 16.9 Å². The lowest BCUT2D eigenvalue weighted by Gasteiger charge is -2.04. The van der Waals surface area contributed by atoms with E-state index in [2.05, 4.69) is 4.98 Å². The minimum Gasteiger partial charge on any atom is -0.298 e. The lowest BCUT2D eigenvalue weighted by atomic mass is 10.1. The largest absolute Gasteiger partial charge is 0.298 e. The molecule has 3 rings (SSSR count). The van der Waals surface area contributed by atoms with Gasteiger partial charge in [-0.05, 0) is 12.1 Å². The fourth-order valence-corrected chi connectivity index (χ4v) is 1.99. The summed E-state index contributed by atoms with van der Waals surface area (Å²) in [7, 11) is 0. The minimum atomic E-state index is -0.342. The Morgan fingerprint density at radius 1 is 1.17 bits per heavy atom. The van der Waals surface area contributed by atoms with E-state index in [0.717, 1.165) is 11.8 Å². The third kappa shape index (κ3) is 1.59. The molecule has 0 saturated carbocycles. The van der Waals surface area contributed by atoms with Crippen molar-refractivity contribution in [2.75, 3.05) is 0 Å². The van der Waals surface area contributed by atoms with Gasteiger partial charge >= 0.3 is 0 Å². The summed E-state index contributed by atoms with van der Waals surface area (Å²) in [4.78, 5) is 15.2. The van der Waals surface area contributed by atoms with Crippen LogP contribution in [0.5, 0.6) is 0 Å². The second-order valence-corrected chi connectivity index (χ2v) is 3.92. The maximum atomic E-state index is 13.3. The second kappa shape index (κ2) is 4.07. The van der Waals surface area contributed by atoms with E-state index in [9.17, 15) is 9.18 Å². The van der Waals surface area contributed by atoms with E-state index in [-0.39, 0.29) is 5.82 Å². The molecule has 2 heterocycles. The van der Waals surface area contributed by atoms with Crippen LogP contribution in [-0.2, 0) is 0 Å². The molecule has 0 atom stereocenters. The maximum Gasteiger partial charge on any atom is 0.150 e. The zero-order valence-corrected chi connectivity index (χ0v) is 9.38. The summed E-state index contributed by atoms with van der Waals surface area (Å²) in [6.07, 6.45) is 3.78. The van der Waals surface area contributed by atoms with E-state index in [1.54, 1.807) is 28.8 Å². The van der Waals surface area contributed by atoms with Crippen molar-refractivity contribution in [1.82, 2.24) is 9.38 Å². The Morgan fingerprint density at radius 2 is 2.00 bits per heavy atom. The molecule has 0 unspecified atom stereocenters. The number of fused-ring (bicyclic) bond motifs is 1. The molecule has 0 spiro atoms. The fraction of sp³-hybridized carbons (Fsp3) is 0. The van der Waals surface area contributed by atoms with Gasteiger partial charge in [0.05, 0.1) is 11.9 Å². The zero-order valence-electron chi connectivity index (χ0n) is 9.38. The van der Waals surface area contributed by atoms with Crippen molar-refractivity contribution in [3.05, 3.63) is 60.2 Å². The molecule has 2 aromatic heterocycles. The van der Waals surface area contributed by atoms with Gasteiger partial charge in [0.1, 0.15) is 11.5 Å². The molecule has 3 nitrogen and oxygen atoms in total. The molecule has 0 amide bonds. The van der Waals surface area contributed by atoms with Crippen molar-refractivity contribution >= 4 is 11.9 Å². The van der Waals surface area contributed by atoms with Crippen LogP contribution in [0.25, 0.3) is 16.9 Å². The number of aldehydes is 1. The molecule has 0 saturated heterocycles. The standard InChI is InChI=1S/C14H9FN2O/c15-11-5-6-14-16-7-13(17(14)8-11)12-4-2-1-3-10(12)9-18/h1-9H. The first-order chi connectivity index (χ1) is 8.79.